The molecule has 0 saturated carbocycles. The van der Waals surface area contributed by atoms with Crippen LogP contribution in [0.2, 0.25) is 5.02 Å². The van der Waals surface area contributed by atoms with Crippen LogP contribution >= 0.6 is 27.5 Å². The van der Waals surface area contributed by atoms with Gasteiger partial charge in [0.05, 0.1) is 5.02 Å². The van der Waals surface area contributed by atoms with Crippen molar-refractivity contribution in [3.8, 4) is 0 Å². The monoisotopic (exact) mass is 328 g/mol. The van der Waals surface area contributed by atoms with Crippen molar-refractivity contribution in [1.82, 2.24) is 4.98 Å². The zero-order chi connectivity index (χ0) is 13.1. The van der Waals surface area contributed by atoms with Gasteiger partial charge in [-0.05, 0) is 41.8 Å². The van der Waals surface area contributed by atoms with E-state index in [4.69, 9.17) is 17.3 Å². The van der Waals surface area contributed by atoms with E-state index < -0.39 is 0 Å². The lowest BCUT2D eigenvalue weighted by Gasteiger charge is -2.14. The molecule has 5 heteroatoms. The molecule has 0 amide bonds. The third-order valence-electron chi connectivity index (χ3n) is 2.65. The van der Waals surface area contributed by atoms with Crippen LogP contribution in [0.25, 0.3) is 0 Å². The highest BCUT2D eigenvalue weighted by Gasteiger charge is 2.13. The molecule has 0 aliphatic carbocycles. The van der Waals surface area contributed by atoms with Crippen molar-refractivity contribution in [2.45, 2.75) is 12.5 Å². The molecular formula is C13H11BrClFN2. The Kier molecular flexibility index (Phi) is 4.32. The van der Waals surface area contributed by atoms with Crippen LogP contribution in [-0.2, 0) is 6.42 Å². The first-order valence-electron chi connectivity index (χ1n) is 5.37. The number of aromatic nitrogens is 1. The maximum atomic E-state index is 13.6. The van der Waals surface area contributed by atoms with Gasteiger partial charge in [-0.25, -0.2) is 4.39 Å². The van der Waals surface area contributed by atoms with Gasteiger partial charge in [-0.15, -0.1) is 0 Å². The van der Waals surface area contributed by atoms with Gasteiger partial charge >= 0.3 is 0 Å². The van der Waals surface area contributed by atoms with Crippen molar-refractivity contribution in [3.05, 3.63) is 63.1 Å². The molecular weight excluding hydrogens is 319 g/mol. The molecule has 0 aliphatic heterocycles. The lowest BCUT2D eigenvalue weighted by atomic mass is 10.0. The Bertz CT molecular complexity index is 562. The molecule has 0 radical (unpaired) electrons. The summed E-state index contributed by atoms with van der Waals surface area (Å²) in [6, 6.07) is 6.20. The van der Waals surface area contributed by atoms with Gasteiger partial charge in [0, 0.05) is 22.9 Å². The fourth-order valence-electron chi connectivity index (χ4n) is 1.73. The summed E-state index contributed by atoms with van der Waals surface area (Å²) < 4.78 is 14.5. The maximum absolute atomic E-state index is 13.6. The molecule has 0 aliphatic rings. The van der Waals surface area contributed by atoms with Gasteiger partial charge in [-0.3, -0.25) is 4.98 Å². The molecule has 1 aromatic carbocycles. The van der Waals surface area contributed by atoms with Gasteiger partial charge in [0.15, 0.2) is 0 Å². The Morgan fingerprint density at radius 1 is 1.39 bits per heavy atom. The second-order valence-corrected chi connectivity index (χ2v) is 5.27. The molecule has 2 nitrogen and oxygen atoms in total. The average Bonchev–Trinajstić information content (AvgIpc) is 2.34. The first-order chi connectivity index (χ1) is 8.58. The number of halogens is 3. The van der Waals surface area contributed by atoms with Gasteiger partial charge in [0.2, 0.25) is 0 Å². The van der Waals surface area contributed by atoms with E-state index in [9.17, 15) is 4.39 Å². The number of nitrogens with two attached hydrogens (primary N) is 1. The standard InChI is InChI=1S/C13H11BrClFN2/c14-9-1-2-12(16)8(5-9)6-13(17)10-3-4-18-7-11(10)15/h1-5,7,13H,6,17H2. The van der Waals surface area contributed by atoms with Crippen LogP contribution in [0, 0.1) is 5.82 Å². The highest BCUT2D eigenvalue weighted by atomic mass is 79.9. The molecule has 94 valence electrons. The van der Waals surface area contributed by atoms with E-state index >= 15 is 0 Å². The number of pyridine rings is 1. The van der Waals surface area contributed by atoms with E-state index in [0.29, 0.717) is 17.0 Å². The summed E-state index contributed by atoms with van der Waals surface area (Å²) in [5, 5.41) is 0.500. The van der Waals surface area contributed by atoms with E-state index in [1.54, 1.807) is 24.4 Å². The highest BCUT2D eigenvalue weighted by molar-refractivity contribution is 9.10. The molecule has 2 rings (SSSR count). The van der Waals surface area contributed by atoms with E-state index in [-0.39, 0.29) is 11.9 Å². The normalized spacial score (nSPS) is 12.4. The van der Waals surface area contributed by atoms with Gasteiger partial charge in [0.25, 0.3) is 0 Å². The van der Waals surface area contributed by atoms with Crippen LogP contribution in [0.3, 0.4) is 0 Å². The third kappa shape index (κ3) is 3.07. The minimum atomic E-state index is -0.357. The first kappa shape index (κ1) is 13.5. The number of nitrogens with zero attached hydrogens (tertiary/aromatic N) is 1. The van der Waals surface area contributed by atoms with Crippen LogP contribution in [0.1, 0.15) is 17.2 Å². The lowest BCUT2D eigenvalue weighted by Crippen LogP contribution is -2.14. The van der Waals surface area contributed by atoms with Crippen molar-refractivity contribution in [1.29, 1.82) is 0 Å². The predicted octanol–water partition coefficient (Wildman–Crippen LogP) is 3.88. The second kappa shape index (κ2) is 5.78. The molecule has 18 heavy (non-hydrogen) atoms. The van der Waals surface area contributed by atoms with Crippen molar-refractivity contribution in [2.24, 2.45) is 5.73 Å². The molecule has 1 unspecified atom stereocenters. The Hall–Kier alpha value is -0.970. The number of hydrogen-bond acceptors (Lipinski definition) is 2. The van der Waals surface area contributed by atoms with Crippen LogP contribution in [-0.4, -0.2) is 4.98 Å². The molecule has 2 N–H and O–H groups in total. The van der Waals surface area contributed by atoms with Crippen molar-refractivity contribution >= 4 is 27.5 Å². The molecule has 0 saturated heterocycles. The van der Waals surface area contributed by atoms with Crippen LogP contribution in [0.4, 0.5) is 4.39 Å². The number of benzene rings is 1. The van der Waals surface area contributed by atoms with E-state index in [1.807, 2.05) is 0 Å². The second-order valence-electron chi connectivity index (χ2n) is 3.94. The van der Waals surface area contributed by atoms with Crippen LogP contribution in [0.5, 0.6) is 0 Å². The summed E-state index contributed by atoms with van der Waals surface area (Å²) in [6.07, 6.45) is 3.54. The molecule has 1 heterocycles. The summed E-state index contributed by atoms with van der Waals surface area (Å²) in [5.41, 5.74) is 7.38. The average molecular weight is 330 g/mol. The van der Waals surface area contributed by atoms with E-state index in [1.165, 1.54) is 12.3 Å². The van der Waals surface area contributed by atoms with Crippen LogP contribution in [0.15, 0.2) is 41.1 Å². The summed E-state index contributed by atoms with van der Waals surface area (Å²) in [7, 11) is 0. The molecule has 2 aromatic rings. The quantitative estimate of drug-likeness (QED) is 0.928. The number of hydrogen-bond donors (Lipinski definition) is 1. The Morgan fingerprint density at radius 2 is 2.17 bits per heavy atom. The van der Waals surface area contributed by atoms with Gasteiger partial charge in [-0.1, -0.05) is 27.5 Å². The minimum Gasteiger partial charge on any atom is -0.324 e. The van der Waals surface area contributed by atoms with E-state index in [0.717, 1.165) is 10.0 Å². The van der Waals surface area contributed by atoms with Gasteiger partial charge in [0.1, 0.15) is 5.82 Å². The fourth-order valence-corrected chi connectivity index (χ4v) is 2.40. The van der Waals surface area contributed by atoms with Crippen molar-refractivity contribution < 1.29 is 4.39 Å². The zero-order valence-electron chi connectivity index (χ0n) is 9.41. The van der Waals surface area contributed by atoms with Crippen molar-refractivity contribution in [2.75, 3.05) is 0 Å². The first-order valence-corrected chi connectivity index (χ1v) is 6.54. The molecule has 0 spiro atoms. The van der Waals surface area contributed by atoms with Crippen molar-refractivity contribution in [3.63, 3.8) is 0 Å². The Labute approximate surface area is 118 Å². The fraction of sp³-hybridized carbons (Fsp3) is 0.154. The summed E-state index contributed by atoms with van der Waals surface area (Å²) >= 11 is 9.32. The SMILES string of the molecule is NC(Cc1cc(Br)ccc1F)c1ccncc1Cl. The van der Waals surface area contributed by atoms with Gasteiger partial charge in [-0.2, -0.15) is 0 Å². The summed E-state index contributed by atoms with van der Waals surface area (Å²) in [5.74, 6) is -0.265. The largest absolute Gasteiger partial charge is 0.324 e. The lowest BCUT2D eigenvalue weighted by molar-refractivity contribution is 0.593. The smallest absolute Gasteiger partial charge is 0.126 e. The molecule has 1 aromatic heterocycles. The predicted molar refractivity (Wildman–Crippen MR) is 74.0 cm³/mol. The molecule has 1 atom stereocenters. The minimum absolute atomic E-state index is 0.265. The Morgan fingerprint density at radius 3 is 2.89 bits per heavy atom. The Balaban J connectivity index is 2.24. The molecule has 0 fully saturated rings. The third-order valence-corrected chi connectivity index (χ3v) is 3.46. The van der Waals surface area contributed by atoms with Crippen LogP contribution < -0.4 is 5.73 Å². The zero-order valence-corrected chi connectivity index (χ0v) is 11.7. The highest BCUT2D eigenvalue weighted by Crippen LogP contribution is 2.25. The maximum Gasteiger partial charge on any atom is 0.126 e. The van der Waals surface area contributed by atoms with E-state index in [2.05, 4.69) is 20.9 Å². The summed E-state index contributed by atoms with van der Waals surface area (Å²) in [6.45, 7) is 0. The number of rotatable bonds is 3. The molecule has 0 bridgehead atoms. The summed E-state index contributed by atoms with van der Waals surface area (Å²) in [4.78, 5) is 3.90. The van der Waals surface area contributed by atoms with Gasteiger partial charge < -0.3 is 5.73 Å². The topological polar surface area (TPSA) is 38.9 Å².